The molecule has 0 aromatic heterocycles. The molecule has 0 heterocycles. The average molecular weight is 932 g/mol. The molecule has 0 saturated carbocycles. The van der Waals surface area contributed by atoms with E-state index in [9.17, 15) is 14.3 Å². The van der Waals surface area contributed by atoms with Gasteiger partial charge in [0.25, 0.3) is 0 Å². The highest BCUT2D eigenvalue weighted by Crippen LogP contribution is 2.43. The summed E-state index contributed by atoms with van der Waals surface area (Å²) in [7, 11) is -4.30. The van der Waals surface area contributed by atoms with Crippen molar-refractivity contribution in [1.82, 2.24) is 0 Å². The molecule has 0 aliphatic heterocycles. The number of carbonyl (C=O) groups excluding carboxylic acids is 1. The van der Waals surface area contributed by atoms with Gasteiger partial charge in [-0.25, -0.2) is 4.57 Å². The number of ether oxygens (including phenoxy) is 2. The lowest BCUT2D eigenvalue weighted by Gasteiger charge is -2.20. The minimum atomic E-state index is -4.30. The van der Waals surface area contributed by atoms with Gasteiger partial charge in [-0.15, -0.1) is 0 Å². The third-order valence-corrected chi connectivity index (χ3v) is 12.4. The summed E-state index contributed by atoms with van der Waals surface area (Å²) in [5, 5.41) is 0. The maximum Gasteiger partial charge on any atom is 0.472 e. The van der Waals surface area contributed by atoms with E-state index in [2.05, 4.69) is 86.8 Å². The van der Waals surface area contributed by atoms with Crippen LogP contribution in [0.2, 0.25) is 0 Å². The molecule has 0 saturated heterocycles. The number of hydrogen-bond donors (Lipinski definition) is 2. The van der Waals surface area contributed by atoms with Gasteiger partial charge in [0.1, 0.15) is 6.10 Å². The average Bonchev–Trinajstić information content (AvgIpc) is 3.30. The fourth-order valence-electron chi connectivity index (χ4n) is 7.47. The molecule has 2 atom stereocenters. The topological polar surface area (TPSA) is 117 Å². The Kier molecular flexibility index (Phi) is 51.2. The molecule has 3 N–H and O–H groups in total. The molecule has 9 heteroatoms. The lowest BCUT2D eigenvalue weighted by molar-refractivity contribution is -0.154. The van der Waals surface area contributed by atoms with Crippen LogP contribution in [0.5, 0.6) is 0 Å². The smallest absolute Gasteiger partial charge is 0.457 e. The number of hydrogen-bond acceptors (Lipinski definition) is 7. The Morgan fingerprint density at radius 1 is 0.477 bits per heavy atom. The van der Waals surface area contributed by atoms with Gasteiger partial charge < -0.3 is 20.1 Å². The lowest BCUT2D eigenvalue weighted by atomic mass is 10.0. The zero-order valence-corrected chi connectivity index (χ0v) is 43.1. The predicted molar refractivity (Wildman–Crippen MR) is 279 cm³/mol. The molecule has 8 nitrogen and oxygen atoms in total. The molecular weight excluding hydrogens is 830 g/mol. The standard InChI is InChI=1S/C56H102NO7P/c1-3-5-7-9-11-13-15-17-19-21-23-25-27-28-29-31-33-35-37-39-41-43-45-47-49-56(58)64-55(54-63-65(59,60)62-52-50-57)53-61-51-48-46-44-42-40-38-36-34-32-30-26-24-22-20-18-16-14-12-10-8-6-4-2/h6,8,12,14,18,20,24,26,32,34,38,40,55H,3-5,7,9-11,13,15-17,19,21-23,25,27-31,33,35-37,39,41-54,57H2,1-2H3,(H,59,60)/b8-6-,14-12-,20-18-,26-24-,34-32-,40-38-. The molecule has 0 aromatic rings. The zero-order chi connectivity index (χ0) is 47.3. The van der Waals surface area contributed by atoms with Gasteiger partial charge in [-0.2, -0.15) is 0 Å². The molecular formula is C56H102NO7P. The molecule has 0 aliphatic carbocycles. The van der Waals surface area contributed by atoms with E-state index in [0.29, 0.717) is 13.0 Å². The van der Waals surface area contributed by atoms with Crippen LogP contribution < -0.4 is 5.73 Å². The van der Waals surface area contributed by atoms with Crippen LogP contribution in [-0.2, 0) is 27.9 Å². The number of rotatable bonds is 51. The summed E-state index contributed by atoms with van der Waals surface area (Å²) in [6.45, 7) is 4.75. The van der Waals surface area contributed by atoms with Crippen molar-refractivity contribution in [2.45, 2.75) is 245 Å². The van der Waals surface area contributed by atoms with Crippen molar-refractivity contribution in [3.63, 3.8) is 0 Å². The Bertz CT molecular complexity index is 1230. The van der Waals surface area contributed by atoms with Gasteiger partial charge in [0.2, 0.25) is 0 Å². The van der Waals surface area contributed by atoms with Crippen molar-refractivity contribution in [2.75, 3.05) is 33.0 Å². The minimum absolute atomic E-state index is 0.0924. The normalized spacial score (nSPS) is 13.8. The molecule has 0 aromatic carbocycles. The van der Waals surface area contributed by atoms with Gasteiger partial charge in [0.05, 0.1) is 19.8 Å². The molecule has 65 heavy (non-hydrogen) atoms. The molecule has 0 amide bonds. The fourth-order valence-corrected chi connectivity index (χ4v) is 8.24. The second-order valence-corrected chi connectivity index (χ2v) is 19.2. The van der Waals surface area contributed by atoms with Gasteiger partial charge in [0, 0.05) is 19.6 Å². The van der Waals surface area contributed by atoms with Crippen LogP contribution in [0.1, 0.15) is 239 Å². The van der Waals surface area contributed by atoms with E-state index in [0.717, 1.165) is 83.5 Å². The summed E-state index contributed by atoms with van der Waals surface area (Å²) in [5.41, 5.74) is 5.39. The summed E-state index contributed by atoms with van der Waals surface area (Å²) in [5.74, 6) is -0.340. The van der Waals surface area contributed by atoms with Crippen LogP contribution in [0.3, 0.4) is 0 Å². The highest BCUT2D eigenvalue weighted by molar-refractivity contribution is 7.47. The van der Waals surface area contributed by atoms with E-state index in [-0.39, 0.29) is 32.3 Å². The van der Waals surface area contributed by atoms with Crippen LogP contribution in [0, 0.1) is 0 Å². The van der Waals surface area contributed by atoms with Crippen molar-refractivity contribution in [3.8, 4) is 0 Å². The van der Waals surface area contributed by atoms with E-state index in [4.69, 9.17) is 24.3 Å². The Morgan fingerprint density at radius 3 is 1.28 bits per heavy atom. The highest BCUT2D eigenvalue weighted by Gasteiger charge is 2.25. The first-order valence-corrected chi connectivity index (χ1v) is 28.4. The summed E-state index contributed by atoms with van der Waals surface area (Å²) in [6, 6.07) is 0. The summed E-state index contributed by atoms with van der Waals surface area (Å²) in [6.07, 6.45) is 68.1. The number of phosphoric acid groups is 1. The molecule has 0 bridgehead atoms. The van der Waals surface area contributed by atoms with Crippen LogP contribution >= 0.6 is 7.82 Å². The number of unbranched alkanes of at least 4 members (excludes halogenated alkanes) is 26. The van der Waals surface area contributed by atoms with Crippen molar-refractivity contribution in [1.29, 1.82) is 0 Å². The number of nitrogens with two attached hydrogens (primary N) is 1. The first kappa shape index (κ1) is 62.9. The molecule has 0 spiro atoms. The largest absolute Gasteiger partial charge is 0.472 e. The Balaban J connectivity index is 3.97. The Hall–Kier alpha value is -2.06. The van der Waals surface area contributed by atoms with E-state index < -0.39 is 13.9 Å². The predicted octanol–water partition coefficient (Wildman–Crippen LogP) is 17.0. The van der Waals surface area contributed by atoms with Crippen LogP contribution in [0.25, 0.3) is 0 Å². The van der Waals surface area contributed by atoms with Gasteiger partial charge in [-0.3, -0.25) is 13.8 Å². The minimum Gasteiger partial charge on any atom is -0.457 e. The maximum absolute atomic E-state index is 12.7. The second kappa shape index (κ2) is 52.9. The molecule has 0 fully saturated rings. The highest BCUT2D eigenvalue weighted by atomic mass is 31.2. The zero-order valence-electron chi connectivity index (χ0n) is 42.2. The second-order valence-electron chi connectivity index (χ2n) is 17.7. The van der Waals surface area contributed by atoms with Gasteiger partial charge in [0.15, 0.2) is 0 Å². The molecule has 0 radical (unpaired) electrons. The van der Waals surface area contributed by atoms with Gasteiger partial charge in [-0.1, -0.05) is 241 Å². The first-order valence-electron chi connectivity index (χ1n) is 26.9. The monoisotopic (exact) mass is 932 g/mol. The van der Waals surface area contributed by atoms with Crippen molar-refractivity contribution < 1.29 is 32.8 Å². The summed E-state index contributed by atoms with van der Waals surface area (Å²) >= 11 is 0. The molecule has 0 aliphatic rings. The van der Waals surface area contributed by atoms with Gasteiger partial charge >= 0.3 is 13.8 Å². The number of carbonyl (C=O) groups is 1. The molecule has 0 rings (SSSR count). The number of allylic oxidation sites excluding steroid dienone is 12. The van der Waals surface area contributed by atoms with E-state index >= 15 is 0 Å². The third kappa shape index (κ3) is 52.8. The Morgan fingerprint density at radius 2 is 0.862 bits per heavy atom. The molecule has 2 unspecified atom stereocenters. The number of esters is 1. The quantitative estimate of drug-likeness (QED) is 0.0268. The van der Waals surface area contributed by atoms with Crippen molar-refractivity contribution in [2.24, 2.45) is 5.73 Å². The van der Waals surface area contributed by atoms with E-state index in [1.165, 1.54) is 135 Å². The SMILES string of the molecule is CC/C=C\C/C=C\C/C=C\C/C=C\C/C=C\C/C=C\CCCCCOCC(COP(=O)(O)OCCN)OC(=O)CCCCCCCCCCCCCCCCCCCCCCCCCC. The van der Waals surface area contributed by atoms with Gasteiger partial charge in [-0.05, 0) is 64.2 Å². The Labute approximate surface area is 401 Å². The summed E-state index contributed by atoms with van der Waals surface area (Å²) in [4.78, 5) is 22.6. The van der Waals surface area contributed by atoms with Crippen molar-refractivity contribution >= 4 is 13.8 Å². The third-order valence-electron chi connectivity index (χ3n) is 11.4. The van der Waals surface area contributed by atoms with Crippen LogP contribution in [0.15, 0.2) is 72.9 Å². The first-order chi connectivity index (χ1) is 31.9. The van der Waals surface area contributed by atoms with E-state index in [1.54, 1.807) is 0 Å². The summed E-state index contributed by atoms with van der Waals surface area (Å²) < 4.78 is 33.6. The van der Waals surface area contributed by atoms with Crippen LogP contribution in [-0.4, -0.2) is 49.9 Å². The number of phosphoric ester groups is 1. The fraction of sp³-hybridized carbons (Fsp3) is 0.768. The van der Waals surface area contributed by atoms with E-state index in [1.807, 2.05) is 0 Å². The maximum atomic E-state index is 12.7. The molecule has 378 valence electrons. The van der Waals surface area contributed by atoms with Crippen LogP contribution in [0.4, 0.5) is 0 Å². The lowest BCUT2D eigenvalue weighted by Crippen LogP contribution is -2.28. The van der Waals surface area contributed by atoms with Crippen molar-refractivity contribution in [3.05, 3.63) is 72.9 Å².